The molecular formula is C14H26Cl2N2. The number of rotatable bonds is 5. The van der Waals surface area contributed by atoms with Crippen LogP contribution in [0.25, 0.3) is 0 Å². The summed E-state index contributed by atoms with van der Waals surface area (Å²) in [5.74, 6) is 0. The van der Waals surface area contributed by atoms with Gasteiger partial charge in [-0.3, -0.25) is 0 Å². The molecule has 0 fully saturated rings. The van der Waals surface area contributed by atoms with Gasteiger partial charge in [0, 0.05) is 12.0 Å². The maximum absolute atomic E-state index is 3.84. The van der Waals surface area contributed by atoms with Gasteiger partial charge in [-0.15, -0.1) is 12.4 Å². The maximum atomic E-state index is 3.84. The fourth-order valence-electron chi connectivity index (χ4n) is 2.27. The molecule has 0 spiro atoms. The van der Waals surface area contributed by atoms with Crippen molar-refractivity contribution in [3.63, 3.8) is 0 Å². The van der Waals surface area contributed by atoms with E-state index in [0.717, 1.165) is 17.4 Å². The van der Waals surface area contributed by atoms with Crippen LogP contribution < -0.4 is 18.6 Å². The maximum Gasteiger partial charge on any atom is 0.114 e. The number of halogens is 2. The van der Waals surface area contributed by atoms with Crippen LogP contribution in [-0.2, 0) is 0 Å². The van der Waals surface area contributed by atoms with Crippen molar-refractivity contribution in [2.45, 2.75) is 19.4 Å². The van der Waals surface area contributed by atoms with Crippen LogP contribution in [0.2, 0.25) is 0 Å². The molecule has 106 valence electrons. The molecular weight excluding hydrogens is 267 g/mol. The quantitative estimate of drug-likeness (QED) is 0.638. The van der Waals surface area contributed by atoms with E-state index in [4.69, 9.17) is 0 Å². The molecule has 2 nitrogen and oxygen atoms in total. The Morgan fingerprint density at radius 1 is 1.22 bits per heavy atom. The summed E-state index contributed by atoms with van der Waals surface area (Å²) in [4.78, 5) is 0. The van der Waals surface area contributed by atoms with E-state index in [1.807, 2.05) is 6.08 Å². The molecule has 18 heavy (non-hydrogen) atoms. The lowest BCUT2D eigenvalue weighted by atomic mass is 10.0. The molecule has 1 rings (SSSR count). The van der Waals surface area contributed by atoms with Crippen molar-refractivity contribution < 1.29 is 16.9 Å². The van der Waals surface area contributed by atoms with E-state index in [-0.39, 0.29) is 31.0 Å². The summed E-state index contributed by atoms with van der Waals surface area (Å²) in [6.07, 6.45) is 3.16. The zero-order valence-corrected chi connectivity index (χ0v) is 13.2. The Bertz CT molecular complexity index is 313. The Balaban J connectivity index is -0.000000750. The highest BCUT2D eigenvalue weighted by Gasteiger charge is 2.26. The third-order valence-electron chi connectivity index (χ3n) is 3.01. The molecule has 0 radical (unpaired) electrons. The molecule has 1 aromatic carbocycles. The van der Waals surface area contributed by atoms with Gasteiger partial charge in [-0.2, -0.15) is 0 Å². The Labute approximate surface area is 124 Å². The van der Waals surface area contributed by atoms with Crippen LogP contribution in [-0.4, -0.2) is 25.1 Å². The fraction of sp³-hybridized carbons (Fsp3) is 0.429. The van der Waals surface area contributed by atoms with Crippen LogP contribution in [0.3, 0.4) is 0 Å². The van der Waals surface area contributed by atoms with Gasteiger partial charge in [0.2, 0.25) is 0 Å². The lowest BCUT2D eigenvalue weighted by Crippen LogP contribution is -3.00. The predicted molar refractivity (Wildman–Crippen MR) is 78.9 cm³/mol. The van der Waals surface area contributed by atoms with Crippen LogP contribution in [0, 0.1) is 0 Å². The number of nitrogens with zero attached hydrogens (tertiary/aromatic N) is 1. The minimum atomic E-state index is 0. The van der Waals surface area contributed by atoms with Gasteiger partial charge in [-0.25, -0.2) is 0 Å². The second kappa shape index (κ2) is 10.4. The smallest absolute Gasteiger partial charge is 0.114 e. The van der Waals surface area contributed by atoms with E-state index in [1.54, 1.807) is 0 Å². The van der Waals surface area contributed by atoms with E-state index in [0.29, 0.717) is 6.04 Å². The Kier molecular flexibility index (Phi) is 13.1. The summed E-state index contributed by atoms with van der Waals surface area (Å²) in [6, 6.07) is 11.3. The van der Waals surface area contributed by atoms with E-state index >= 15 is 0 Å². The summed E-state index contributed by atoms with van der Waals surface area (Å²) in [7, 11) is 4.53. The number of hydrogen-bond donors (Lipinski definition) is 1. The van der Waals surface area contributed by atoms with Crippen molar-refractivity contribution in [3.8, 4) is 0 Å². The first-order chi connectivity index (χ1) is 7.11. The van der Waals surface area contributed by atoms with Gasteiger partial charge in [0.1, 0.15) is 6.04 Å². The minimum absolute atomic E-state index is 0. The summed E-state index contributed by atoms with van der Waals surface area (Å²) in [5.41, 5.74) is 1.42. The monoisotopic (exact) mass is 292 g/mol. The second-order valence-electron chi connectivity index (χ2n) is 4.58. The normalized spacial score (nSPS) is 11.3. The zero-order valence-electron chi connectivity index (χ0n) is 11.6. The van der Waals surface area contributed by atoms with E-state index < -0.39 is 0 Å². The van der Waals surface area contributed by atoms with Gasteiger partial charge >= 0.3 is 0 Å². The molecule has 0 aliphatic rings. The third kappa shape index (κ3) is 5.87. The molecule has 0 bridgehead atoms. The van der Waals surface area contributed by atoms with E-state index in [9.17, 15) is 0 Å². The van der Waals surface area contributed by atoms with Crippen molar-refractivity contribution in [3.05, 3.63) is 48.6 Å². The lowest BCUT2D eigenvalue weighted by Gasteiger charge is -2.37. The number of hydrogen-bond acceptors (Lipinski definition) is 1. The molecule has 0 saturated carbocycles. The van der Waals surface area contributed by atoms with E-state index in [2.05, 4.69) is 57.9 Å². The molecule has 0 saturated heterocycles. The summed E-state index contributed by atoms with van der Waals surface area (Å²) in [5, 5.41) is 0. The molecule has 4 heteroatoms. The Hall–Kier alpha value is -0.540. The van der Waals surface area contributed by atoms with Crippen molar-refractivity contribution in [2.75, 3.05) is 20.6 Å². The SMILES string of the molecule is C=CC[N+](C)(C)C(CC)c1ccccc1.Cl.N.[Cl-]. The predicted octanol–water partition coefficient (Wildman–Crippen LogP) is 0.988. The standard InChI is InChI=1S/C14H22N.2ClH.H3N/c1-5-12-15(3,4)14(6-2)13-10-8-7-9-11-13;;;/h5,7-11,14H,1,6,12H2,2-4H3;2*1H;1H3/q+1;;;/p-1. The third-order valence-corrected chi connectivity index (χ3v) is 3.01. The fourth-order valence-corrected chi connectivity index (χ4v) is 2.27. The minimum Gasteiger partial charge on any atom is -1.00 e. The molecule has 0 aliphatic heterocycles. The summed E-state index contributed by atoms with van der Waals surface area (Å²) < 4.78 is 0.976. The second-order valence-corrected chi connectivity index (χ2v) is 4.58. The highest BCUT2D eigenvalue weighted by molar-refractivity contribution is 5.85. The van der Waals surface area contributed by atoms with Crippen LogP contribution in [0.1, 0.15) is 24.9 Å². The van der Waals surface area contributed by atoms with Crippen molar-refractivity contribution in [1.29, 1.82) is 0 Å². The first-order valence-corrected chi connectivity index (χ1v) is 5.60. The number of quaternary nitrogens is 1. The molecule has 1 atom stereocenters. The van der Waals surface area contributed by atoms with Gasteiger partial charge < -0.3 is 23.0 Å². The van der Waals surface area contributed by atoms with Gasteiger partial charge in [-0.1, -0.05) is 43.8 Å². The highest BCUT2D eigenvalue weighted by atomic mass is 35.5. The van der Waals surface area contributed by atoms with Crippen LogP contribution >= 0.6 is 12.4 Å². The topological polar surface area (TPSA) is 35.0 Å². The molecule has 0 aromatic heterocycles. The van der Waals surface area contributed by atoms with Crippen molar-refractivity contribution >= 4 is 12.4 Å². The molecule has 0 heterocycles. The molecule has 3 N–H and O–H groups in total. The average Bonchev–Trinajstić information content (AvgIpc) is 2.19. The molecule has 0 aliphatic carbocycles. The summed E-state index contributed by atoms with van der Waals surface area (Å²) in [6.45, 7) is 7.10. The first-order valence-electron chi connectivity index (χ1n) is 5.60. The van der Waals surface area contributed by atoms with Gasteiger partial charge in [0.25, 0.3) is 0 Å². The lowest BCUT2D eigenvalue weighted by molar-refractivity contribution is -0.915. The highest BCUT2D eigenvalue weighted by Crippen LogP contribution is 2.27. The van der Waals surface area contributed by atoms with Crippen molar-refractivity contribution in [1.82, 2.24) is 6.15 Å². The average molecular weight is 293 g/mol. The Morgan fingerprint density at radius 2 is 1.72 bits per heavy atom. The van der Waals surface area contributed by atoms with E-state index in [1.165, 1.54) is 5.56 Å². The first kappa shape index (κ1) is 22.6. The molecule has 0 amide bonds. The number of likely N-dealkylation sites (N-methyl/N-ethyl adjacent to an activating group) is 1. The van der Waals surface area contributed by atoms with Gasteiger partial charge in [0.15, 0.2) is 0 Å². The van der Waals surface area contributed by atoms with Crippen molar-refractivity contribution in [2.24, 2.45) is 0 Å². The molecule has 1 unspecified atom stereocenters. The summed E-state index contributed by atoms with van der Waals surface area (Å²) >= 11 is 0. The van der Waals surface area contributed by atoms with Crippen LogP contribution in [0.15, 0.2) is 43.0 Å². The number of benzene rings is 1. The largest absolute Gasteiger partial charge is 1.00 e. The van der Waals surface area contributed by atoms with Crippen LogP contribution in [0.5, 0.6) is 0 Å². The zero-order chi connectivity index (χ0) is 11.3. The van der Waals surface area contributed by atoms with Crippen LogP contribution in [0.4, 0.5) is 0 Å². The Morgan fingerprint density at radius 3 is 2.11 bits per heavy atom. The van der Waals surface area contributed by atoms with Gasteiger partial charge in [0.05, 0.1) is 20.6 Å². The molecule has 1 aromatic rings. The van der Waals surface area contributed by atoms with Gasteiger partial charge in [-0.05, 0) is 6.08 Å².